The minimum absolute atomic E-state index is 0.0805. The number of aromatic hydroxyl groups is 1. The van der Waals surface area contributed by atoms with Gasteiger partial charge in [-0.2, -0.15) is 5.10 Å². The van der Waals surface area contributed by atoms with Crippen molar-refractivity contribution >= 4 is 11.6 Å². The van der Waals surface area contributed by atoms with Crippen molar-refractivity contribution in [3.63, 3.8) is 0 Å². The number of rotatable bonds is 4. The third-order valence-electron chi connectivity index (χ3n) is 4.25. The molecule has 1 atom stereocenters. The topological polar surface area (TPSA) is 71.4 Å². The molecule has 0 bridgehead atoms. The van der Waals surface area contributed by atoms with Gasteiger partial charge in [0.1, 0.15) is 17.2 Å². The second-order valence-electron chi connectivity index (χ2n) is 5.79. The Morgan fingerprint density at radius 3 is 2.32 bits per heavy atom. The predicted octanol–water partition coefficient (Wildman–Crippen LogP) is 3.11. The summed E-state index contributed by atoms with van der Waals surface area (Å²) in [6, 6.07) is 12.4. The van der Waals surface area contributed by atoms with E-state index in [1.54, 1.807) is 26.4 Å². The van der Waals surface area contributed by atoms with Gasteiger partial charge in [0.2, 0.25) is 5.91 Å². The van der Waals surface area contributed by atoms with Crippen LogP contribution in [0.15, 0.2) is 47.6 Å². The van der Waals surface area contributed by atoms with E-state index in [1.807, 2.05) is 24.3 Å². The highest BCUT2D eigenvalue weighted by atomic mass is 16.5. The van der Waals surface area contributed by atoms with Gasteiger partial charge in [0.05, 0.1) is 26.0 Å². The molecule has 25 heavy (non-hydrogen) atoms. The van der Waals surface area contributed by atoms with Crippen molar-refractivity contribution < 1.29 is 19.4 Å². The minimum atomic E-state index is -0.208. The molecule has 3 rings (SSSR count). The molecule has 1 aliphatic rings. The fourth-order valence-electron chi connectivity index (χ4n) is 2.93. The van der Waals surface area contributed by atoms with Gasteiger partial charge in [-0.15, -0.1) is 0 Å². The zero-order valence-corrected chi connectivity index (χ0v) is 14.4. The number of methoxy groups -OCH3 is 2. The van der Waals surface area contributed by atoms with Crippen LogP contribution in [-0.4, -0.2) is 36.0 Å². The van der Waals surface area contributed by atoms with Crippen molar-refractivity contribution in [2.24, 2.45) is 5.10 Å². The second kappa shape index (κ2) is 6.84. The molecular weight excluding hydrogens is 320 g/mol. The van der Waals surface area contributed by atoms with Crippen LogP contribution < -0.4 is 9.47 Å². The summed E-state index contributed by atoms with van der Waals surface area (Å²) in [5.41, 5.74) is 2.22. The average molecular weight is 340 g/mol. The Morgan fingerprint density at radius 1 is 1.12 bits per heavy atom. The first kappa shape index (κ1) is 16.8. The molecule has 6 heteroatoms. The highest BCUT2D eigenvalue weighted by Gasteiger charge is 2.32. The fourth-order valence-corrected chi connectivity index (χ4v) is 2.93. The molecule has 1 N–H and O–H groups in total. The molecular formula is C19H20N2O4. The summed E-state index contributed by atoms with van der Waals surface area (Å²) in [5, 5.41) is 16.2. The van der Waals surface area contributed by atoms with Gasteiger partial charge in [0.15, 0.2) is 0 Å². The number of nitrogens with zero attached hydrogens (tertiary/aromatic N) is 2. The third kappa shape index (κ3) is 3.28. The third-order valence-corrected chi connectivity index (χ3v) is 4.25. The highest BCUT2D eigenvalue weighted by molar-refractivity contribution is 6.05. The van der Waals surface area contributed by atoms with Gasteiger partial charge in [0.25, 0.3) is 0 Å². The monoisotopic (exact) mass is 340 g/mol. The van der Waals surface area contributed by atoms with Gasteiger partial charge >= 0.3 is 0 Å². The van der Waals surface area contributed by atoms with Crippen molar-refractivity contribution in [2.75, 3.05) is 14.2 Å². The first-order valence-corrected chi connectivity index (χ1v) is 7.92. The Labute approximate surface area is 146 Å². The number of amides is 1. The number of phenols is 1. The SMILES string of the molecule is COc1ccc([C@@H]2CC(c3ccc(OC)cc3O)=NN2C(C)=O)cc1. The molecule has 0 saturated carbocycles. The van der Waals surface area contributed by atoms with Crippen LogP contribution in [-0.2, 0) is 4.79 Å². The van der Waals surface area contributed by atoms with Crippen LogP contribution in [0.4, 0.5) is 0 Å². The molecule has 0 spiro atoms. The average Bonchev–Trinajstić information content (AvgIpc) is 3.07. The van der Waals surface area contributed by atoms with Crippen LogP contribution in [0.5, 0.6) is 17.2 Å². The summed E-state index contributed by atoms with van der Waals surface area (Å²) in [6.45, 7) is 1.48. The molecule has 0 radical (unpaired) electrons. The quantitative estimate of drug-likeness (QED) is 0.928. The molecule has 6 nitrogen and oxygen atoms in total. The molecule has 1 heterocycles. The number of benzene rings is 2. The van der Waals surface area contributed by atoms with E-state index >= 15 is 0 Å². The Balaban J connectivity index is 1.92. The summed E-state index contributed by atoms with van der Waals surface area (Å²) in [6.07, 6.45) is 0.520. The lowest BCUT2D eigenvalue weighted by atomic mass is 9.98. The summed E-state index contributed by atoms with van der Waals surface area (Å²) >= 11 is 0. The zero-order chi connectivity index (χ0) is 18.0. The number of carbonyl (C=O) groups is 1. The van der Waals surface area contributed by atoms with Gasteiger partial charge in [-0.1, -0.05) is 12.1 Å². The molecule has 0 unspecified atom stereocenters. The summed E-state index contributed by atoms with van der Waals surface area (Å²) < 4.78 is 10.3. The number of hydrazone groups is 1. The van der Waals surface area contributed by atoms with E-state index < -0.39 is 0 Å². The van der Waals surface area contributed by atoms with E-state index in [1.165, 1.54) is 18.0 Å². The lowest BCUT2D eigenvalue weighted by Gasteiger charge is -2.20. The van der Waals surface area contributed by atoms with Crippen LogP contribution in [0.2, 0.25) is 0 Å². The Bertz CT molecular complexity index is 815. The molecule has 0 aliphatic carbocycles. The van der Waals surface area contributed by atoms with E-state index in [-0.39, 0.29) is 17.7 Å². The second-order valence-corrected chi connectivity index (χ2v) is 5.79. The molecule has 0 aromatic heterocycles. The van der Waals surface area contributed by atoms with E-state index in [2.05, 4.69) is 5.10 Å². The maximum Gasteiger partial charge on any atom is 0.240 e. The molecule has 2 aromatic rings. The Kier molecular flexibility index (Phi) is 4.61. The van der Waals surface area contributed by atoms with Crippen molar-refractivity contribution in [2.45, 2.75) is 19.4 Å². The summed E-state index contributed by atoms with van der Waals surface area (Å²) in [4.78, 5) is 12.0. The van der Waals surface area contributed by atoms with E-state index in [0.717, 1.165) is 11.3 Å². The Morgan fingerprint density at radius 2 is 1.76 bits per heavy atom. The molecule has 0 fully saturated rings. The van der Waals surface area contributed by atoms with Gasteiger partial charge in [-0.25, -0.2) is 5.01 Å². The van der Waals surface area contributed by atoms with Gasteiger partial charge in [-0.05, 0) is 29.8 Å². The predicted molar refractivity (Wildman–Crippen MR) is 94.1 cm³/mol. The van der Waals surface area contributed by atoms with Gasteiger partial charge < -0.3 is 14.6 Å². The van der Waals surface area contributed by atoms with Crippen LogP contribution in [0, 0.1) is 0 Å². The summed E-state index contributed by atoms with van der Waals surface area (Å²) in [5.74, 6) is 1.25. The molecule has 1 aliphatic heterocycles. The maximum absolute atomic E-state index is 12.0. The van der Waals surface area contributed by atoms with E-state index in [9.17, 15) is 9.90 Å². The lowest BCUT2D eigenvalue weighted by Crippen LogP contribution is -2.24. The number of carbonyl (C=O) groups excluding carboxylic acids is 1. The van der Waals surface area contributed by atoms with E-state index in [4.69, 9.17) is 9.47 Å². The van der Waals surface area contributed by atoms with Crippen LogP contribution >= 0.6 is 0 Å². The number of hydrogen-bond acceptors (Lipinski definition) is 5. The molecule has 0 saturated heterocycles. The normalized spacial score (nSPS) is 16.5. The van der Waals surface area contributed by atoms with E-state index in [0.29, 0.717) is 23.4 Å². The standard InChI is InChI=1S/C19H20N2O4/c1-12(22)21-18(13-4-6-14(24-2)7-5-13)11-17(20-21)16-9-8-15(25-3)10-19(16)23/h4-10,18,23H,11H2,1-3H3/t18-/m0/s1. The zero-order valence-electron chi connectivity index (χ0n) is 14.4. The first-order valence-electron chi connectivity index (χ1n) is 7.92. The number of ether oxygens (including phenoxy) is 2. The summed E-state index contributed by atoms with van der Waals surface area (Å²) in [7, 11) is 3.15. The largest absolute Gasteiger partial charge is 0.507 e. The van der Waals surface area contributed by atoms with Crippen LogP contribution in [0.1, 0.15) is 30.5 Å². The van der Waals surface area contributed by atoms with Crippen molar-refractivity contribution in [3.8, 4) is 17.2 Å². The molecule has 1 amide bonds. The molecule has 2 aromatic carbocycles. The van der Waals surface area contributed by atoms with Crippen molar-refractivity contribution in [1.29, 1.82) is 0 Å². The first-order chi connectivity index (χ1) is 12.0. The van der Waals surface area contributed by atoms with Gasteiger partial charge in [0, 0.05) is 25.0 Å². The van der Waals surface area contributed by atoms with Crippen LogP contribution in [0.3, 0.4) is 0 Å². The number of phenolic OH excluding ortho intramolecular Hbond substituents is 1. The minimum Gasteiger partial charge on any atom is -0.507 e. The van der Waals surface area contributed by atoms with Crippen LogP contribution in [0.25, 0.3) is 0 Å². The van der Waals surface area contributed by atoms with Crippen molar-refractivity contribution in [1.82, 2.24) is 5.01 Å². The fraction of sp³-hybridized carbons (Fsp3) is 0.263. The maximum atomic E-state index is 12.0. The number of hydrogen-bond donors (Lipinski definition) is 1. The molecule has 130 valence electrons. The van der Waals surface area contributed by atoms with Gasteiger partial charge in [-0.3, -0.25) is 4.79 Å². The smallest absolute Gasteiger partial charge is 0.240 e. The Hall–Kier alpha value is -3.02. The lowest BCUT2D eigenvalue weighted by molar-refractivity contribution is -0.130. The van der Waals surface area contributed by atoms with Crippen molar-refractivity contribution in [3.05, 3.63) is 53.6 Å². The highest BCUT2D eigenvalue weighted by Crippen LogP contribution is 2.36.